The zero-order chi connectivity index (χ0) is 9.19. The van der Waals surface area contributed by atoms with Crippen LogP contribution < -0.4 is 0 Å². The van der Waals surface area contributed by atoms with Crippen molar-refractivity contribution >= 4 is 5.78 Å². The molecule has 1 heterocycles. The first kappa shape index (κ1) is 9.46. The van der Waals surface area contributed by atoms with E-state index in [0.717, 1.165) is 6.42 Å². The molecule has 1 aliphatic rings. The second-order valence-electron chi connectivity index (χ2n) is 3.93. The molecule has 68 valence electrons. The lowest BCUT2D eigenvalue weighted by Gasteiger charge is -2.15. The van der Waals surface area contributed by atoms with Crippen LogP contribution in [0.5, 0.6) is 0 Å². The molecule has 2 heteroatoms. The van der Waals surface area contributed by atoms with Gasteiger partial charge in [0.25, 0.3) is 0 Å². The van der Waals surface area contributed by atoms with Crippen molar-refractivity contribution in [2.75, 3.05) is 6.61 Å². The molecule has 1 fully saturated rings. The lowest BCUT2D eigenvalue weighted by Crippen LogP contribution is -2.18. The Kier molecular flexibility index (Phi) is 2.68. The lowest BCUT2D eigenvalue weighted by atomic mass is 9.93. The number of rotatable bonds is 3. The van der Waals surface area contributed by atoms with Gasteiger partial charge < -0.3 is 4.74 Å². The van der Waals surface area contributed by atoms with E-state index in [1.165, 1.54) is 0 Å². The minimum atomic E-state index is -0.110. The van der Waals surface area contributed by atoms with Gasteiger partial charge in [-0.05, 0) is 20.3 Å². The van der Waals surface area contributed by atoms with Crippen LogP contribution in [-0.4, -0.2) is 18.0 Å². The molecule has 1 rings (SSSR count). The Labute approximate surface area is 73.6 Å². The zero-order valence-corrected chi connectivity index (χ0v) is 7.80. The Balaban J connectivity index is 2.46. The molecule has 0 saturated carbocycles. The molecular weight excluding hydrogens is 152 g/mol. The maximum absolute atomic E-state index is 11.4. The van der Waals surface area contributed by atoms with E-state index in [9.17, 15) is 4.79 Å². The van der Waals surface area contributed by atoms with Crippen LogP contribution in [0.4, 0.5) is 0 Å². The molecule has 0 amide bonds. The number of ketones is 1. The van der Waals surface area contributed by atoms with E-state index in [2.05, 4.69) is 6.58 Å². The molecule has 1 atom stereocenters. The van der Waals surface area contributed by atoms with E-state index in [4.69, 9.17) is 4.74 Å². The molecule has 0 aromatic rings. The standard InChI is InChI=1S/C10H16O2/c1-4-5-9(11)8-6-10(2,3)12-7-8/h4,8H,1,5-7H2,2-3H3. The van der Waals surface area contributed by atoms with Crippen LogP contribution >= 0.6 is 0 Å². The van der Waals surface area contributed by atoms with Crippen molar-refractivity contribution in [3.05, 3.63) is 12.7 Å². The molecular formula is C10H16O2. The molecule has 1 unspecified atom stereocenters. The third-order valence-corrected chi connectivity index (χ3v) is 2.21. The molecule has 0 aromatic heterocycles. The monoisotopic (exact) mass is 168 g/mol. The van der Waals surface area contributed by atoms with Crippen molar-refractivity contribution in [2.45, 2.75) is 32.3 Å². The summed E-state index contributed by atoms with van der Waals surface area (Å²) in [5.74, 6) is 0.355. The maximum Gasteiger partial charge on any atom is 0.142 e. The number of carbonyl (C=O) groups is 1. The van der Waals surface area contributed by atoms with E-state index in [-0.39, 0.29) is 17.3 Å². The Bertz CT molecular complexity index is 194. The van der Waals surface area contributed by atoms with Gasteiger partial charge in [-0.3, -0.25) is 4.79 Å². The third kappa shape index (κ3) is 2.18. The molecule has 0 aromatic carbocycles. The van der Waals surface area contributed by atoms with Gasteiger partial charge in [-0.25, -0.2) is 0 Å². The first-order chi connectivity index (χ1) is 5.55. The average molecular weight is 168 g/mol. The zero-order valence-electron chi connectivity index (χ0n) is 7.80. The van der Waals surface area contributed by atoms with Gasteiger partial charge in [0.1, 0.15) is 5.78 Å². The van der Waals surface area contributed by atoms with Gasteiger partial charge in [0, 0.05) is 12.3 Å². The number of ether oxygens (including phenoxy) is 1. The van der Waals surface area contributed by atoms with Crippen molar-refractivity contribution < 1.29 is 9.53 Å². The average Bonchev–Trinajstić information content (AvgIpc) is 2.31. The molecule has 0 aliphatic carbocycles. The lowest BCUT2D eigenvalue weighted by molar-refractivity contribution is -0.121. The molecule has 1 saturated heterocycles. The van der Waals surface area contributed by atoms with Crippen LogP contribution in [0.2, 0.25) is 0 Å². The topological polar surface area (TPSA) is 26.3 Å². The van der Waals surface area contributed by atoms with Crippen LogP contribution in [-0.2, 0) is 9.53 Å². The Morgan fingerprint density at radius 1 is 1.75 bits per heavy atom. The van der Waals surface area contributed by atoms with Crippen LogP contribution in [0, 0.1) is 5.92 Å². The number of allylic oxidation sites excluding steroid dienone is 1. The van der Waals surface area contributed by atoms with E-state index >= 15 is 0 Å². The van der Waals surface area contributed by atoms with Crippen LogP contribution in [0.1, 0.15) is 26.7 Å². The number of carbonyl (C=O) groups excluding carboxylic acids is 1. The van der Waals surface area contributed by atoms with E-state index in [1.54, 1.807) is 6.08 Å². The summed E-state index contributed by atoms with van der Waals surface area (Å²) < 4.78 is 5.47. The van der Waals surface area contributed by atoms with Crippen LogP contribution in [0.25, 0.3) is 0 Å². The molecule has 0 radical (unpaired) electrons. The SMILES string of the molecule is C=CCC(=O)C1COC(C)(C)C1. The normalized spacial score (nSPS) is 27.0. The molecule has 1 aliphatic heterocycles. The summed E-state index contributed by atoms with van der Waals surface area (Å²) in [5, 5.41) is 0. The van der Waals surface area contributed by atoms with E-state index < -0.39 is 0 Å². The van der Waals surface area contributed by atoms with Crippen molar-refractivity contribution in [2.24, 2.45) is 5.92 Å². The van der Waals surface area contributed by atoms with Gasteiger partial charge >= 0.3 is 0 Å². The molecule has 0 bridgehead atoms. The van der Waals surface area contributed by atoms with Crippen molar-refractivity contribution in [3.63, 3.8) is 0 Å². The van der Waals surface area contributed by atoms with Gasteiger partial charge in [-0.2, -0.15) is 0 Å². The Hall–Kier alpha value is -0.630. The fourth-order valence-electron chi connectivity index (χ4n) is 1.55. The summed E-state index contributed by atoms with van der Waals surface area (Å²) >= 11 is 0. The smallest absolute Gasteiger partial charge is 0.142 e. The highest BCUT2D eigenvalue weighted by Crippen LogP contribution is 2.30. The number of hydrogen-bond acceptors (Lipinski definition) is 2. The summed E-state index contributed by atoms with van der Waals surface area (Å²) in [4.78, 5) is 11.4. The van der Waals surface area contributed by atoms with E-state index in [1.807, 2.05) is 13.8 Å². The van der Waals surface area contributed by atoms with Crippen molar-refractivity contribution in [3.8, 4) is 0 Å². The molecule has 0 N–H and O–H groups in total. The highest BCUT2D eigenvalue weighted by molar-refractivity contribution is 5.82. The predicted molar refractivity (Wildman–Crippen MR) is 48.0 cm³/mol. The maximum atomic E-state index is 11.4. The van der Waals surface area contributed by atoms with Crippen LogP contribution in [0.3, 0.4) is 0 Å². The second kappa shape index (κ2) is 3.40. The molecule has 0 spiro atoms. The highest BCUT2D eigenvalue weighted by Gasteiger charge is 2.35. The van der Waals surface area contributed by atoms with Crippen molar-refractivity contribution in [1.82, 2.24) is 0 Å². The van der Waals surface area contributed by atoms with E-state index in [0.29, 0.717) is 13.0 Å². The number of Topliss-reactive ketones (excluding diaryl/α,β-unsaturated/α-hetero) is 1. The third-order valence-electron chi connectivity index (χ3n) is 2.21. The minimum Gasteiger partial charge on any atom is -0.375 e. The predicted octanol–water partition coefficient (Wildman–Crippen LogP) is 1.95. The number of hydrogen-bond donors (Lipinski definition) is 0. The van der Waals surface area contributed by atoms with Gasteiger partial charge in [0.15, 0.2) is 0 Å². The summed E-state index contributed by atoms with van der Waals surface area (Å²) in [6, 6.07) is 0. The van der Waals surface area contributed by atoms with Gasteiger partial charge in [0.05, 0.1) is 12.2 Å². The van der Waals surface area contributed by atoms with Crippen molar-refractivity contribution in [1.29, 1.82) is 0 Å². The Morgan fingerprint density at radius 3 is 2.83 bits per heavy atom. The summed E-state index contributed by atoms with van der Waals surface area (Å²) in [6.45, 7) is 8.17. The molecule has 2 nitrogen and oxygen atoms in total. The second-order valence-corrected chi connectivity index (χ2v) is 3.93. The Morgan fingerprint density at radius 2 is 2.42 bits per heavy atom. The first-order valence-electron chi connectivity index (χ1n) is 4.33. The summed E-state index contributed by atoms with van der Waals surface area (Å²) in [7, 11) is 0. The fourth-order valence-corrected chi connectivity index (χ4v) is 1.55. The quantitative estimate of drug-likeness (QED) is 0.602. The van der Waals surface area contributed by atoms with Gasteiger partial charge in [0.2, 0.25) is 0 Å². The summed E-state index contributed by atoms with van der Waals surface area (Å²) in [5.41, 5.74) is -0.110. The first-order valence-corrected chi connectivity index (χ1v) is 4.33. The van der Waals surface area contributed by atoms with Gasteiger partial charge in [-0.15, -0.1) is 6.58 Å². The largest absolute Gasteiger partial charge is 0.375 e. The van der Waals surface area contributed by atoms with Crippen LogP contribution in [0.15, 0.2) is 12.7 Å². The summed E-state index contributed by atoms with van der Waals surface area (Å²) in [6.07, 6.45) is 2.98. The molecule has 12 heavy (non-hydrogen) atoms. The van der Waals surface area contributed by atoms with Gasteiger partial charge in [-0.1, -0.05) is 6.08 Å². The highest BCUT2D eigenvalue weighted by atomic mass is 16.5. The fraction of sp³-hybridized carbons (Fsp3) is 0.700. The minimum absolute atomic E-state index is 0.0954.